The Balaban J connectivity index is 2.65. The summed E-state index contributed by atoms with van der Waals surface area (Å²) in [5.74, 6) is -0.928. The van der Waals surface area contributed by atoms with E-state index >= 15 is 0 Å². The molecule has 1 rings (SSSR count). The van der Waals surface area contributed by atoms with Crippen LogP contribution in [0.25, 0.3) is 0 Å². The maximum Gasteiger partial charge on any atom is 0.418 e. The van der Waals surface area contributed by atoms with Crippen LogP contribution in [0.4, 0.5) is 13.2 Å². The molecule has 0 aliphatic heterocycles. The molecule has 5 nitrogen and oxygen atoms in total. The van der Waals surface area contributed by atoms with Gasteiger partial charge in [0.1, 0.15) is 5.69 Å². The number of rotatable bonds is 6. The summed E-state index contributed by atoms with van der Waals surface area (Å²) in [7, 11) is 1.41. The number of aliphatic hydroxyl groups is 1. The third kappa shape index (κ3) is 4.78. The fourth-order valence-electron chi connectivity index (χ4n) is 1.53. The van der Waals surface area contributed by atoms with Gasteiger partial charge in [-0.05, 0) is 18.6 Å². The lowest BCUT2D eigenvalue weighted by Crippen LogP contribution is -2.30. The van der Waals surface area contributed by atoms with Gasteiger partial charge in [-0.2, -0.15) is 13.2 Å². The Kier molecular flexibility index (Phi) is 5.90. The van der Waals surface area contributed by atoms with Gasteiger partial charge in [-0.25, -0.2) is 0 Å². The first-order chi connectivity index (χ1) is 9.36. The summed E-state index contributed by atoms with van der Waals surface area (Å²) in [4.78, 5) is 15.1. The molecule has 112 valence electrons. The van der Waals surface area contributed by atoms with Crippen molar-refractivity contribution in [2.75, 3.05) is 20.3 Å². The molecule has 1 heterocycles. The van der Waals surface area contributed by atoms with Crippen molar-refractivity contribution in [2.24, 2.45) is 0 Å². The van der Waals surface area contributed by atoms with Crippen molar-refractivity contribution < 1.29 is 27.8 Å². The normalized spacial score (nSPS) is 13.1. The first-order valence-corrected chi connectivity index (χ1v) is 5.83. The van der Waals surface area contributed by atoms with Crippen LogP contribution in [0.2, 0.25) is 0 Å². The highest BCUT2D eigenvalue weighted by Crippen LogP contribution is 2.30. The Hall–Kier alpha value is -1.67. The quantitative estimate of drug-likeness (QED) is 0.827. The van der Waals surface area contributed by atoms with Crippen molar-refractivity contribution in [3.05, 3.63) is 29.6 Å². The second-order valence-corrected chi connectivity index (χ2v) is 4.05. The molecule has 0 spiro atoms. The number of nitrogens with one attached hydrogen (secondary N) is 1. The first-order valence-electron chi connectivity index (χ1n) is 5.83. The summed E-state index contributed by atoms with van der Waals surface area (Å²) in [6.07, 6.45) is -4.14. The lowest BCUT2D eigenvalue weighted by molar-refractivity contribution is -0.138. The van der Waals surface area contributed by atoms with Crippen molar-refractivity contribution in [1.29, 1.82) is 0 Å². The minimum absolute atomic E-state index is 0.0250. The summed E-state index contributed by atoms with van der Waals surface area (Å²) in [5, 5.41) is 11.6. The second-order valence-electron chi connectivity index (χ2n) is 4.05. The van der Waals surface area contributed by atoms with Crippen molar-refractivity contribution >= 4 is 5.91 Å². The molecule has 0 aliphatic carbocycles. The number of ether oxygens (including phenoxy) is 1. The molecule has 0 radical (unpaired) electrons. The van der Waals surface area contributed by atoms with E-state index in [0.717, 1.165) is 18.3 Å². The van der Waals surface area contributed by atoms with Gasteiger partial charge in [0.25, 0.3) is 5.91 Å². The number of pyridine rings is 1. The van der Waals surface area contributed by atoms with Gasteiger partial charge < -0.3 is 15.2 Å². The standard InChI is InChI=1S/C12H15F3N2O3/c1-20-7-8(18)4-6-17-11(19)10-9(12(13,14)15)3-2-5-16-10/h2-3,5,8,18H,4,6-7H2,1H3,(H,17,19). The van der Waals surface area contributed by atoms with Crippen LogP contribution in [-0.4, -0.2) is 42.4 Å². The number of carbonyl (C=O) groups is 1. The van der Waals surface area contributed by atoms with Crippen LogP contribution in [0.3, 0.4) is 0 Å². The Labute approximate surface area is 113 Å². The minimum atomic E-state index is -4.64. The number of methoxy groups -OCH3 is 1. The molecule has 1 atom stereocenters. The Morgan fingerprint density at radius 2 is 2.25 bits per heavy atom. The summed E-state index contributed by atoms with van der Waals surface area (Å²) in [6, 6.07) is 1.91. The molecule has 0 fully saturated rings. The lowest BCUT2D eigenvalue weighted by Gasteiger charge is -2.13. The maximum absolute atomic E-state index is 12.7. The Morgan fingerprint density at radius 3 is 2.85 bits per heavy atom. The summed E-state index contributed by atoms with van der Waals surface area (Å²) < 4.78 is 42.7. The summed E-state index contributed by atoms with van der Waals surface area (Å²) >= 11 is 0. The van der Waals surface area contributed by atoms with Crippen molar-refractivity contribution in [3.63, 3.8) is 0 Å². The number of carbonyl (C=O) groups excluding carboxylic acids is 1. The fraction of sp³-hybridized carbons (Fsp3) is 0.500. The fourth-order valence-corrected chi connectivity index (χ4v) is 1.53. The molecule has 0 aliphatic rings. The van der Waals surface area contributed by atoms with Gasteiger partial charge >= 0.3 is 6.18 Å². The molecule has 0 saturated heterocycles. The molecule has 0 aromatic carbocycles. The molecule has 1 amide bonds. The van der Waals surface area contributed by atoms with Crippen LogP contribution in [0.5, 0.6) is 0 Å². The van der Waals surface area contributed by atoms with E-state index in [-0.39, 0.29) is 19.6 Å². The molecule has 0 saturated carbocycles. The van der Waals surface area contributed by atoms with Crippen LogP contribution in [0.15, 0.2) is 18.3 Å². The highest BCUT2D eigenvalue weighted by molar-refractivity contribution is 5.93. The van der Waals surface area contributed by atoms with Crippen LogP contribution in [0, 0.1) is 0 Å². The van der Waals surface area contributed by atoms with Crippen LogP contribution < -0.4 is 5.32 Å². The van der Waals surface area contributed by atoms with E-state index in [1.165, 1.54) is 7.11 Å². The molecule has 2 N–H and O–H groups in total. The third-order valence-electron chi connectivity index (χ3n) is 2.45. The molecular formula is C12H15F3N2O3. The average molecular weight is 292 g/mol. The highest BCUT2D eigenvalue weighted by atomic mass is 19.4. The maximum atomic E-state index is 12.7. The first kappa shape index (κ1) is 16.4. The van der Waals surface area contributed by atoms with Crippen molar-refractivity contribution in [2.45, 2.75) is 18.7 Å². The second kappa shape index (κ2) is 7.20. The van der Waals surface area contributed by atoms with E-state index in [4.69, 9.17) is 0 Å². The number of hydrogen-bond acceptors (Lipinski definition) is 4. The zero-order valence-corrected chi connectivity index (χ0v) is 10.8. The molecule has 1 aromatic rings. The highest BCUT2D eigenvalue weighted by Gasteiger charge is 2.35. The predicted molar refractivity (Wildman–Crippen MR) is 64.1 cm³/mol. The molecule has 0 bridgehead atoms. The topological polar surface area (TPSA) is 71.5 Å². The lowest BCUT2D eigenvalue weighted by atomic mass is 10.1. The van der Waals surface area contributed by atoms with Crippen LogP contribution >= 0.6 is 0 Å². The molecule has 1 unspecified atom stereocenters. The van der Waals surface area contributed by atoms with Crippen molar-refractivity contribution in [3.8, 4) is 0 Å². The van der Waals surface area contributed by atoms with Gasteiger partial charge in [0.2, 0.25) is 0 Å². The van der Waals surface area contributed by atoms with Gasteiger partial charge in [-0.15, -0.1) is 0 Å². The molecule has 8 heteroatoms. The number of halogens is 3. The number of amides is 1. The number of alkyl halides is 3. The number of aromatic nitrogens is 1. The van der Waals surface area contributed by atoms with Gasteiger partial charge in [0.05, 0.1) is 18.3 Å². The summed E-state index contributed by atoms with van der Waals surface area (Å²) in [6.45, 7) is 0.116. The van der Waals surface area contributed by atoms with E-state index in [1.807, 2.05) is 0 Å². The van der Waals surface area contributed by atoms with E-state index in [9.17, 15) is 23.1 Å². The van der Waals surface area contributed by atoms with Gasteiger partial charge in [0, 0.05) is 19.9 Å². The molecular weight excluding hydrogens is 277 g/mol. The van der Waals surface area contributed by atoms with E-state index in [2.05, 4.69) is 15.0 Å². The van der Waals surface area contributed by atoms with Crippen LogP contribution in [0.1, 0.15) is 22.5 Å². The number of hydrogen-bond donors (Lipinski definition) is 2. The Bertz CT molecular complexity index is 452. The molecule has 1 aromatic heterocycles. The number of aliphatic hydroxyl groups excluding tert-OH is 1. The SMILES string of the molecule is COCC(O)CCNC(=O)c1ncccc1C(F)(F)F. The predicted octanol–water partition coefficient (Wildman–Crippen LogP) is 1.23. The van der Waals surface area contributed by atoms with Gasteiger partial charge in [-0.3, -0.25) is 9.78 Å². The van der Waals surface area contributed by atoms with Gasteiger partial charge in [0.15, 0.2) is 0 Å². The zero-order valence-electron chi connectivity index (χ0n) is 10.8. The zero-order chi connectivity index (χ0) is 15.2. The average Bonchev–Trinajstić information content (AvgIpc) is 2.38. The van der Waals surface area contributed by atoms with Crippen molar-refractivity contribution in [1.82, 2.24) is 10.3 Å². The Morgan fingerprint density at radius 1 is 1.55 bits per heavy atom. The monoisotopic (exact) mass is 292 g/mol. The minimum Gasteiger partial charge on any atom is -0.391 e. The number of nitrogens with zero attached hydrogens (tertiary/aromatic N) is 1. The molecule has 20 heavy (non-hydrogen) atoms. The van der Waals surface area contributed by atoms with Crippen LogP contribution in [-0.2, 0) is 10.9 Å². The largest absolute Gasteiger partial charge is 0.418 e. The third-order valence-corrected chi connectivity index (χ3v) is 2.45. The summed E-state index contributed by atoms with van der Waals surface area (Å²) in [5.41, 5.74) is -1.77. The van der Waals surface area contributed by atoms with E-state index in [1.54, 1.807) is 0 Å². The van der Waals surface area contributed by atoms with E-state index < -0.39 is 29.4 Å². The van der Waals surface area contributed by atoms with Gasteiger partial charge in [-0.1, -0.05) is 0 Å². The van der Waals surface area contributed by atoms with E-state index in [0.29, 0.717) is 0 Å². The smallest absolute Gasteiger partial charge is 0.391 e.